The van der Waals surface area contributed by atoms with Crippen LogP contribution >= 0.6 is 0 Å². The number of terminal acetylenes is 1. The Kier molecular flexibility index (Phi) is 7.05. The van der Waals surface area contributed by atoms with Gasteiger partial charge in [0.25, 0.3) is 0 Å². The van der Waals surface area contributed by atoms with Crippen molar-refractivity contribution in [3.8, 4) is 18.1 Å². The fraction of sp³-hybridized carbons (Fsp3) is 0.438. The first kappa shape index (κ1) is 15.9. The largest absolute Gasteiger partial charge is 0.481 e. The number of carbonyl (C=O) groups is 1. The molecule has 2 N–H and O–H groups in total. The van der Waals surface area contributed by atoms with Gasteiger partial charge in [0.05, 0.1) is 0 Å². The molecule has 0 heterocycles. The van der Waals surface area contributed by atoms with Crippen LogP contribution in [-0.2, 0) is 6.42 Å². The molecule has 0 bridgehead atoms. The molecule has 1 rings (SSSR count). The first-order valence-electron chi connectivity index (χ1n) is 6.78. The predicted octanol–water partition coefficient (Wildman–Crippen LogP) is 2.20. The maximum Gasteiger partial charge on any atom is 0.314 e. The summed E-state index contributed by atoms with van der Waals surface area (Å²) >= 11 is 0. The van der Waals surface area contributed by atoms with Crippen molar-refractivity contribution in [1.82, 2.24) is 10.6 Å². The third kappa shape index (κ3) is 6.69. The summed E-state index contributed by atoms with van der Waals surface area (Å²) in [6, 6.07) is 7.59. The highest BCUT2D eigenvalue weighted by atomic mass is 16.5. The average molecular weight is 274 g/mol. The summed E-state index contributed by atoms with van der Waals surface area (Å²) in [4.78, 5) is 11.4. The molecule has 0 fully saturated rings. The zero-order chi connectivity index (χ0) is 14.8. The molecule has 20 heavy (non-hydrogen) atoms. The lowest BCUT2D eigenvalue weighted by Crippen LogP contribution is -2.38. The SMILES string of the molecule is C#CCOc1ccc(CCNC(=O)NCC(C)C)cc1. The molecule has 0 aliphatic heterocycles. The van der Waals surface area contributed by atoms with Crippen LogP contribution in [0.4, 0.5) is 4.79 Å². The van der Waals surface area contributed by atoms with E-state index in [4.69, 9.17) is 11.2 Å². The van der Waals surface area contributed by atoms with E-state index in [9.17, 15) is 4.79 Å². The van der Waals surface area contributed by atoms with E-state index in [1.54, 1.807) is 0 Å². The van der Waals surface area contributed by atoms with E-state index in [2.05, 4.69) is 30.4 Å². The fourth-order valence-electron chi connectivity index (χ4n) is 1.56. The van der Waals surface area contributed by atoms with Crippen LogP contribution < -0.4 is 15.4 Å². The molecule has 0 saturated heterocycles. The molecule has 4 nitrogen and oxygen atoms in total. The average Bonchev–Trinajstić information content (AvgIpc) is 2.44. The Morgan fingerprint density at radius 1 is 1.30 bits per heavy atom. The van der Waals surface area contributed by atoms with Gasteiger partial charge in [-0.1, -0.05) is 31.9 Å². The van der Waals surface area contributed by atoms with Gasteiger partial charge < -0.3 is 15.4 Å². The van der Waals surface area contributed by atoms with Gasteiger partial charge in [-0.2, -0.15) is 0 Å². The first-order chi connectivity index (χ1) is 9.61. The zero-order valence-electron chi connectivity index (χ0n) is 12.1. The molecule has 1 aromatic rings. The topological polar surface area (TPSA) is 50.4 Å². The number of rotatable bonds is 7. The quantitative estimate of drug-likeness (QED) is 0.749. The van der Waals surface area contributed by atoms with Crippen LogP contribution in [0.15, 0.2) is 24.3 Å². The molecule has 0 radical (unpaired) electrons. The van der Waals surface area contributed by atoms with Crippen LogP contribution in [0.5, 0.6) is 5.75 Å². The van der Waals surface area contributed by atoms with E-state index >= 15 is 0 Å². The maximum atomic E-state index is 11.4. The highest BCUT2D eigenvalue weighted by Gasteiger charge is 2.01. The molecule has 0 aliphatic carbocycles. The predicted molar refractivity (Wildman–Crippen MR) is 80.7 cm³/mol. The van der Waals surface area contributed by atoms with Gasteiger partial charge in [-0.05, 0) is 30.0 Å². The molecule has 0 aliphatic rings. The van der Waals surface area contributed by atoms with Crippen LogP contribution in [0.2, 0.25) is 0 Å². The molecule has 1 aromatic carbocycles. The second-order valence-corrected chi connectivity index (χ2v) is 4.92. The summed E-state index contributed by atoms with van der Waals surface area (Å²) in [5, 5.41) is 5.64. The Balaban J connectivity index is 2.25. The summed E-state index contributed by atoms with van der Waals surface area (Å²) in [5.41, 5.74) is 1.14. The number of hydrogen-bond donors (Lipinski definition) is 2. The summed E-state index contributed by atoms with van der Waals surface area (Å²) in [5.74, 6) is 3.63. The summed E-state index contributed by atoms with van der Waals surface area (Å²) in [6.45, 7) is 5.69. The number of carbonyl (C=O) groups excluding carboxylic acids is 1. The molecule has 0 spiro atoms. The third-order valence-corrected chi connectivity index (χ3v) is 2.62. The van der Waals surface area contributed by atoms with Crippen molar-refractivity contribution in [2.75, 3.05) is 19.7 Å². The van der Waals surface area contributed by atoms with Crippen molar-refractivity contribution in [3.05, 3.63) is 29.8 Å². The van der Waals surface area contributed by atoms with Gasteiger partial charge in [0.1, 0.15) is 12.4 Å². The Bertz CT molecular complexity index is 447. The van der Waals surface area contributed by atoms with Gasteiger partial charge in [0.15, 0.2) is 0 Å². The zero-order valence-corrected chi connectivity index (χ0v) is 12.1. The minimum Gasteiger partial charge on any atom is -0.481 e. The van der Waals surface area contributed by atoms with Gasteiger partial charge in [0, 0.05) is 13.1 Å². The van der Waals surface area contributed by atoms with Crippen LogP contribution in [0.25, 0.3) is 0 Å². The Morgan fingerprint density at radius 3 is 2.60 bits per heavy atom. The number of benzene rings is 1. The second-order valence-electron chi connectivity index (χ2n) is 4.92. The fourth-order valence-corrected chi connectivity index (χ4v) is 1.56. The summed E-state index contributed by atoms with van der Waals surface area (Å²) < 4.78 is 5.29. The molecular weight excluding hydrogens is 252 g/mol. The Labute approximate surface area is 120 Å². The number of ether oxygens (including phenoxy) is 1. The van der Waals surface area contributed by atoms with Crippen LogP contribution in [0.1, 0.15) is 19.4 Å². The van der Waals surface area contributed by atoms with Gasteiger partial charge >= 0.3 is 6.03 Å². The van der Waals surface area contributed by atoms with Crippen molar-refractivity contribution in [1.29, 1.82) is 0 Å². The van der Waals surface area contributed by atoms with Crippen molar-refractivity contribution in [3.63, 3.8) is 0 Å². The normalized spacial score (nSPS) is 9.90. The lowest BCUT2D eigenvalue weighted by atomic mass is 10.1. The van der Waals surface area contributed by atoms with Crippen molar-refractivity contribution < 1.29 is 9.53 Å². The molecule has 0 aromatic heterocycles. The Morgan fingerprint density at radius 2 is 2.00 bits per heavy atom. The van der Waals surface area contributed by atoms with E-state index in [1.165, 1.54) is 0 Å². The second kappa shape index (κ2) is 8.87. The highest BCUT2D eigenvalue weighted by molar-refractivity contribution is 5.73. The van der Waals surface area contributed by atoms with Gasteiger partial charge in [-0.15, -0.1) is 6.42 Å². The minimum atomic E-state index is -0.118. The molecule has 108 valence electrons. The summed E-state index contributed by atoms with van der Waals surface area (Å²) in [7, 11) is 0. The number of nitrogens with one attached hydrogen (secondary N) is 2. The smallest absolute Gasteiger partial charge is 0.314 e. The lowest BCUT2D eigenvalue weighted by molar-refractivity contribution is 0.239. The summed E-state index contributed by atoms with van der Waals surface area (Å²) in [6.07, 6.45) is 5.90. The van der Waals surface area contributed by atoms with Crippen molar-refractivity contribution >= 4 is 6.03 Å². The molecule has 2 amide bonds. The van der Waals surface area contributed by atoms with E-state index in [0.29, 0.717) is 19.0 Å². The maximum absolute atomic E-state index is 11.4. The first-order valence-corrected chi connectivity index (χ1v) is 6.78. The van der Waals surface area contributed by atoms with Gasteiger partial charge in [-0.25, -0.2) is 4.79 Å². The van der Waals surface area contributed by atoms with Crippen molar-refractivity contribution in [2.24, 2.45) is 5.92 Å². The van der Waals surface area contributed by atoms with Gasteiger partial charge in [0.2, 0.25) is 0 Å². The molecule has 0 unspecified atom stereocenters. The molecule has 0 saturated carbocycles. The van der Waals surface area contributed by atoms with Crippen LogP contribution in [0, 0.1) is 18.3 Å². The van der Waals surface area contributed by atoms with Crippen molar-refractivity contribution in [2.45, 2.75) is 20.3 Å². The number of amides is 2. The molecular formula is C16H22N2O2. The van der Waals surface area contributed by atoms with Crippen LogP contribution in [0.3, 0.4) is 0 Å². The van der Waals surface area contributed by atoms with E-state index in [1.807, 2.05) is 24.3 Å². The number of hydrogen-bond acceptors (Lipinski definition) is 2. The minimum absolute atomic E-state index is 0.118. The van der Waals surface area contributed by atoms with E-state index in [0.717, 1.165) is 17.7 Å². The number of urea groups is 1. The highest BCUT2D eigenvalue weighted by Crippen LogP contribution is 2.12. The Hall–Kier alpha value is -2.15. The molecule has 4 heteroatoms. The van der Waals surface area contributed by atoms with E-state index in [-0.39, 0.29) is 12.6 Å². The standard InChI is InChI=1S/C16H22N2O2/c1-4-11-20-15-7-5-14(6-8-15)9-10-17-16(19)18-12-13(2)3/h1,5-8,13H,9-12H2,2-3H3,(H2,17,18,19). The monoisotopic (exact) mass is 274 g/mol. The third-order valence-electron chi connectivity index (χ3n) is 2.62. The van der Waals surface area contributed by atoms with E-state index < -0.39 is 0 Å². The van der Waals surface area contributed by atoms with Gasteiger partial charge in [-0.3, -0.25) is 0 Å². The molecule has 0 atom stereocenters. The van der Waals surface area contributed by atoms with Crippen LogP contribution in [-0.4, -0.2) is 25.7 Å². The lowest BCUT2D eigenvalue weighted by Gasteiger charge is -2.09.